The number of carboxylic acids is 1. The quantitative estimate of drug-likeness (QED) is 0.331. The zero-order valence-electron chi connectivity index (χ0n) is 29.8. The lowest BCUT2D eigenvalue weighted by atomic mass is 9.40. The molecule has 11 unspecified atom stereocenters. The van der Waals surface area contributed by atoms with E-state index in [1.165, 1.54) is 109 Å². The molecule has 6 rings (SSSR count). The Kier molecular flexibility index (Phi) is 10.8. The third-order valence-corrected chi connectivity index (χ3v) is 16.0. The van der Waals surface area contributed by atoms with Crippen molar-refractivity contribution < 1.29 is 9.90 Å². The van der Waals surface area contributed by atoms with Crippen molar-refractivity contribution in [2.24, 2.45) is 75.4 Å². The monoisotopic (exact) mass is 597 g/mol. The van der Waals surface area contributed by atoms with Crippen molar-refractivity contribution in [2.75, 3.05) is 0 Å². The van der Waals surface area contributed by atoms with Crippen LogP contribution in [0.15, 0.2) is 0 Å². The van der Waals surface area contributed by atoms with Gasteiger partial charge in [-0.05, 0) is 140 Å². The highest BCUT2D eigenvalue weighted by molar-refractivity contribution is 5.66. The van der Waals surface area contributed by atoms with Gasteiger partial charge in [-0.1, -0.05) is 106 Å². The third-order valence-electron chi connectivity index (χ3n) is 16.0. The Morgan fingerprint density at radius 3 is 2.14 bits per heavy atom. The highest BCUT2D eigenvalue weighted by atomic mass is 16.4. The van der Waals surface area contributed by atoms with Crippen LogP contribution in [-0.2, 0) is 4.79 Å². The molecule has 6 aliphatic carbocycles. The van der Waals surface area contributed by atoms with Crippen LogP contribution in [0, 0.1) is 75.4 Å². The van der Waals surface area contributed by atoms with Gasteiger partial charge in [-0.25, -0.2) is 0 Å². The fraction of sp³-hybridized carbons (Fsp3) is 0.976. The summed E-state index contributed by atoms with van der Waals surface area (Å²) in [6.45, 7) is 17.9. The topological polar surface area (TPSA) is 37.3 Å². The van der Waals surface area contributed by atoms with Crippen molar-refractivity contribution in [1.82, 2.24) is 0 Å². The Bertz CT molecular complexity index is 913. The van der Waals surface area contributed by atoms with Crippen LogP contribution in [0.2, 0.25) is 0 Å². The molecule has 0 aromatic rings. The predicted molar refractivity (Wildman–Crippen MR) is 182 cm³/mol. The molecule has 2 heteroatoms. The summed E-state index contributed by atoms with van der Waals surface area (Å²) in [5.41, 5.74) is 1.73. The van der Waals surface area contributed by atoms with E-state index in [1.54, 1.807) is 6.42 Å². The summed E-state index contributed by atoms with van der Waals surface area (Å²) >= 11 is 0. The van der Waals surface area contributed by atoms with E-state index < -0.39 is 5.97 Å². The smallest absolute Gasteiger partial charge is 0.303 e. The molecule has 0 spiro atoms. The van der Waals surface area contributed by atoms with Crippen LogP contribution in [-0.4, -0.2) is 11.1 Å². The first-order valence-corrected chi connectivity index (χ1v) is 19.6. The van der Waals surface area contributed by atoms with Crippen LogP contribution < -0.4 is 0 Å². The van der Waals surface area contributed by atoms with Crippen molar-refractivity contribution in [3.05, 3.63) is 0 Å². The maximum atomic E-state index is 11.2. The van der Waals surface area contributed by atoms with E-state index in [2.05, 4.69) is 48.5 Å². The van der Waals surface area contributed by atoms with Gasteiger partial charge in [0.15, 0.2) is 0 Å². The number of fused-ring (bicyclic) bond motifs is 5. The molecule has 0 aliphatic heterocycles. The van der Waals surface area contributed by atoms with Crippen LogP contribution in [0.5, 0.6) is 0 Å². The molecule has 0 heterocycles. The van der Waals surface area contributed by atoms with Crippen molar-refractivity contribution in [2.45, 2.75) is 177 Å². The van der Waals surface area contributed by atoms with Crippen LogP contribution >= 0.6 is 0 Å². The first-order valence-electron chi connectivity index (χ1n) is 19.6. The minimum absolute atomic E-state index is 0.340. The fourth-order valence-corrected chi connectivity index (χ4v) is 13.4. The molecule has 0 radical (unpaired) electrons. The number of hydrogen-bond donors (Lipinski definition) is 1. The molecular weight excluding hydrogens is 524 g/mol. The Morgan fingerprint density at radius 1 is 0.791 bits per heavy atom. The Morgan fingerprint density at radius 2 is 1.47 bits per heavy atom. The van der Waals surface area contributed by atoms with Crippen LogP contribution in [0.1, 0.15) is 177 Å². The highest BCUT2D eigenvalue weighted by Crippen LogP contribution is 2.71. The molecule has 6 saturated carbocycles. The molecule has 0 saturated heterocycles. The first-order chi connectivity index (χ1) is 20.4. The van der Waals surface area contributed by atoms with Gasteiger partial charge in [0.05, 0.1) is 0 Å². The molecule has 11 atom stereocenters. The summed E-state index contributed by atoms with van der Waals surface area (Å²) in [6, 6.07) is 0. The Balaban J connectivity index is 0.000000220. The number of aliphatic carboxylic acids is 1. The van der Waals surface area contributed by atoms with Crippen molar-refractivity contribution in [3.8, 4) is 0 Å². The van der Waals surface area contributed by atoms with E-state index in [1.807, 2.05) is 0 Å². The molecule has 2 nitrogen and oxygen atoms in total. The van der Waals surface area contributed by atoms with Gasteiger partial charge in [0.2, 0.25) is 0 Å². The standard InChI is InChI=1S/C27H46O2.C14H26/c1-16-11-12-26(5)20(13-16)14-18(3)25-22-9-8-21(17(2)7-10-24(28)29)27(22,6)19(4)15-23(25)26;1-14(10-6-3-7-11-14)12-13-8-4-2-5-9-13/h16-23,25H,7-15H2,1-6H3,(H,28,29);13H,2-12H2,1H3. The SMILES string of the molecule is CC1(CC2CCCCC2)CCCCC1.CC1CCC2(C)C(C1)CC(C)C1C2CC(C)C2(C)C(C(C)CCC(=O)O)CCC12. The van der Waals surface area contributed by atoms with Gasteiger partial charge in [-0.2, -0.15) is 0 Å². The van der Waals surface area contributed by atoms with Crippen LogP contribution in [0.4, 0.5) is 0 Å². The second-order valence-corrected chi connectivity index (χ2v) is 18.8. The maximum absolute atomic E-state index is 11.2. The summed E-state index contributed by atoms with van der Waals surface area (Å²) in [5, 5.41) is 9.20. The van der Waals surface area contributed by atoms with Crippen molar-refractivity contribution in [3.63, 3.8) is 0 Å². The van der Waals surface area contributed by atoms with Gasteiger partial charge in [0.25, 0.3) is 0 Å². The fourth-order valence-electron chi connectivity index (χ4n) is 13.4. The highest BCUT2D eigenvalue weighted by Gasteiger charge is 2.64. The first kappa shape index (κ1) is 33.8. The van der Waals surface area contributed by atoms with Gasteiger partial charge >= 0.3 is 5.97 Å². The lowest BCUT2D eigenvalue weighted by molar-refractivity contribution is -0.163. The Labute approximate surface area is 267 Å². The largest absolute Gasteiger partial charge is 0.481 e. The summed E-state index contributed by atoms with van der Waals surface area (Å²) in [6.07, 6.45) is 27.9. The zero-order valence-corrected chi connectivity index (χ0v) is 29.8. The van der Waals surface area contributed by atoms with E-state index in [9.17, 15) is 9.90 Å². The van der Waals surface area contributed by atoms with Gasteiger partial charge in [-0.15, -0.1) is 0 Å². The summed E-state index contributed by atoms with van der Waals surface area (Å²) in [7, 11) is 0. The van der Waals surface area contributed by atoms with Gasteiger partial charge < -0.3 is 5.11 Å². The molecule has 248 valence electrons. The molecule has 0 amide bonds. The van der Waals surface area contributed by atoms with E-state index in [0.29, 0.717) is 29.1 Å². The minimum Gasteiger partial charge on any atom is -0.481 e. The normalized spacial score (nSPS) is 45.1. The molecule has 1 N–H and O–H groups in total. The van der Waals surface area contributed by atoms with Crippen LogP contribution in [0.3, 0.4) is 0 Å². The van der Waals surface area contributed by atoms with E-state index in [4.69, 9.17) is 0 Å². The molecule has 0 bridgehead atoms. The summed E-state index contributed by atoms with van der Waals surface area (Å²) in [4.78, 5) is 11.2. The van der Waals surface area contributed by atoms with Gasteiger partial charge in [0, 0.05) is 6.42 Å². The summed E-state index contributed by atoms with van der Waals surface area (Å²) < 4.78 is 0. The number of hydrogen-bond acceptors (Lipinski definition) is 1. The zero-order chi connectivity index (χ0) is 31.0. The van der Waals surface area contributed by atoms with E-state index in [0.717, 1.165) is 59.2 Å². The molecule has 0 aromatic carbocycles. The lowest BCUT2D eigenvalue weighted by Crippen LogP contribution is -2.58. The number of carboxylic acid groups (broad SMARTS) is 1. The molecule has 6 fully saturated rings. The number of rotatable bonds is 6. The van der Waals surface area contributed by atoms with Crippen molar-refractivity contribution in [1.29, 1.82) is 0 Å². The molecule has 43 heavy (non-hydrogen) atoms. The maximum Gasteiger partial charge on any atom is 0.303 e. The van der Waals surface area contributed by atoms with Crippen molar-refractivity contribution >= 4 is 5.97 Å². The number of carbonyl (C=O) groups is 1. The lowest BCUT2D eigenvalue weighted by Gasteiger charge is -2.65. The van der Waals surface area contributed by atoms with Gasteiger partial charge in [-0.3, -0.25) is 4.79 Å². The predicted octanol–water partition coefficient (Wildman–Crippen LogP) is 12.2. The average Bonchev–Trinajstić information content (AvgIpc) is 3.33. The van der Waals surface area contributed by atoms with Crippen LogP contribution in [0.25, 0.3) is 0 Å². The minimum atomic E-state index is -0.625. The van der Waals surface area contributed by atoms with E-state index in [-0.39, 0.29) is 0 Å². The third kappa shape index (κ3) is 6.94. The second-order valence-electron chi connectivity index (χ2n) is 18.8. The average molecular weight is 597 g/mol. The molecule has 0 aromatic heterocycles. The van der Waals surface area contributed by atoms with Gasteiger partial charge in [0.1, 0.15) is 0 Å². The molecule has 6 aliphatic rings. The second kappa shape index (κ2) is 13.7. The summed E-state index contributed by atoms with van der Waals surface area (Å²) in [5.74, 6) is 7.92. The van der Waals surface area contributed by atoms with E-state index >= 15 is 0 Å². The molecular formula is C41H72O2. The Hall–Kier alpha value is -0.530.